The molecule has 0 aliphatic carbocycles. The van der Waals surface area contributed by atoms with Crippen LogP contribution in [0.5, 0.6) is 0 Å². The van der Waals surface area contributed by atoms with Crippen LogP contribution in [0.15, 0.2) is 88.9 Å². The van der Waals surface area contributed by atoms with Crippen LogP contribution in [0.3, 0.4) is 0 Å². The fourth-order valence-corrected chi connectivity index (χ4v) is 4.40. The number of hydrogen-bond donors (Lipinski definition) is 1. The van der Waals surface area contributed by atoms with E-state index in [-0.39, 0.29) is 18.0 Å². The Morgan fingerprint density at radius 2 is 1.74 bits per heavy atom. The molecule has 3 aromatic carbocycles. The average molecular weight is 456 g/mol. The number of sulfonamides is 1. The number of halogens is 1. The third kappa shape index (κ3) is 6.49. The molecular weight excluding hydrogens is 434 g/mol. The lowest BCUT2D eigenvalue weighted by Gasteiger charge is -2.21. The van der Waals surface area contributed by atoms with Crippen molar-refractivity contribution in [1.82, 2.24) is 9.73 Å². The number of hydrazone groups is 1. The van der Waals surface area contributed by atoms with Crippen LogP contribution in [0.4, 0.5) is 0 Å². The topological polar surface area (TPSA) is 78.8 Å². The molecule has 8 heteroatoms. The second kappa shape index (κ2) is 10.3. The second-order valence-electron chi connectivity index (χ2n) is 6.92. The Hall–Kier alpha value is -3.00. The molecule has 3 aromatic rings. The Bertz CT molecular complexity index is 1160. The van der Waals surface area contributed by atoms with Crippen molar-refractivity contribution in [2.75, 3.05) is 6.54 Å². The number of nitrogens with one attached hydrogen (secondary N) is 1. The summed E-state index contributed by atoms with van der Waals surface area (Å²) < 4.78 is 27.5. The summed E-state index contributed by atoms with van der Waals surface area (Å²) in [4.78, 5) is 12.5. The van der Waals surface area contributed by atoms with Crippen molar-refractivity contribution in [1.29, 1.82) is 0 Å². The number of benzene rings is 3. The van der Waals surface area contributed by atoms with Crippen molar-refractivity contribution >= 4 is 33.7 Å². The number of amides is 1. The number of aryl methyl sites for hydroxylation is 1. The van der Waals surface area contributed by atoms with Crippen molar-refractivity contribution in [2.45, 2.75) is 18.4 Å². The predicted molar refractivity (Wildman–Crippen MR) is 122 cm³/mol. The first-order valence-corrected chi connectivity index (χ1v) is 11.3. The van der Waals surface area contributed by atoms with E-state index in [2.05, 4.69) is 10.5 Å². The molecule has 0 atom stereocenters. The molecule has 0 heterocycles. The summed E-state index contributed by atoms with van der Waals surface area (Å²) >= 11 is 5.88. The van der Waals surface area contributed by atoms with Crippen LogP contribution in [0, 0.1) is 6.92 Å². The van der Waals surface area contributed by atoms with Gasteiger partial charge in [-0.3, -0.25) is 4.79 Å². The monoisotopic (exact) mass is 455 g/mol. The highest BCUT2D eigenvalue weighted by Gasteiger charge is 2.26. The van der Waals surface area contributed by atoms with E-state index >= 15 is 0 Å². The van der Waals surface area contributed by atoms with E-state index in [1.54, 1.807) is 12.1 Å². The molecule has 1 amide bonds. The molecule has 31 heavy (non-hydrogen) atoms. The third-order valence-electron chi connectivity index (χ3n) is 4.42. The SMILES string of the molecule is Cc1cccc(/C=N\NC(=O)CN(Cc2ccccc2)S(=O)(=O)c2ccc(Cl)cc2)c1. The zero-order valence-electron chi connectivity index (χ0n) is 16.9. The number of rotatable bonds is 8. The predicted octanol–water partition coefficient (Wildman–Crippen LogP) is 3.99. The summed E-state index contributed by atoms with van der Waals surface area (Å²) in [6.45, 7) is 1.62. The van der Waals surface area contributed by atoms with Gasteiger partial charge >= 0.3 is 0 Å². The standard InChI is InChI=1S/C23H22ClN3O3S/c1-18-6-5-9-20(14-18)15-25-26-23(28)17-27(16-19-7-3-2-4-8-19)31(29,30)22-12-10-21(24)11-13-22/h2-15H,16-17H2,1H3,(H,26,28)/b25-15-. The molecule has 0 aliphatic heterocycles. The summed E-state index contributed by atoms with van der Waals surface area (Å²) in [7, 11) is -3.93. The van der Waals surface area contributed by atoms with E-state index in [0.717, 1.165) is 21.0 Å². The smallest absolute Gasteiger partial charge is 0.255 e. The molecule has 3 rings (SSSR count). The van der Waals surface area contributed by atoms with Gasteiger partial charge in [0.05, 0.1) is 17.7 Å². The Morgan fingerprint density at radius 1 is 1.03 bits per heavy atom. The Labute approximate surface area is 187 Å². The molecule has 0 spiro atoms. The molecule has 0 saturated heterocycles. The van der Waals surface area contributed by atoms with E-state index in [9.17, 15) is 13.2 Å². The quantitative estimate of drug-likeness (QED) is 0.412. The van der Waals surface area contributed by atoms with Crippen molar-refractivity contribution in [3.63, 3.8) is 0 Å². The van der Waals surface area contributed by atoms with Crippen LogP contribution in [-0.2, 0) is 21.4 Å². The first-order chi connectivity index (χ1) is 14.8. The molecular formula is C23H22ClN3O3S. The van der Waals surface area contributed by atoms with Gasteiger partial charge in [0.15, 0.2) is 0 Å². The number of nitrogens with zero attached hydrogens (tertiary/aromatic N) is 2. The summed E-state index contributed by atoms with van der Waals surface area (Å²) in [5, 5.41) is 4.37. The number of hydrogen-bond acceptors (Lipinski definition) is 4. The average Bonchev–Trinajstić information content (AvgIpc) is 2.74. The lowest BCUT2D eigenvalue weighted by atomic mass is 10.2. The molecule has 0 saturated carbocycles. The first-order valence-electron chi connectivity index (χ1n) is 9.53. The van der Waals surface area contributed by atoms with Gasteiger partial charge < -0.3 is 0 Å². The highest BCUT2D eigenvalue weighted by Crippen LogP contribution is 2.20. The largest absolute Gasteiger partial charge is 0.272 e. The van der Waals surface area contributed by atoms with Gasteiger partial charge in [0.25, 0.3) is 5.91 Å². The van der Waals surface area contributed by atoms with Gasteiger partial charge in [-0.25, -0.2) is 13.8 Å². The summed E-state index contributed by atoms with van der Waals surface area (Å²) in [5.41, 5.74) is 5.06. The third-order valence-corrected chi connectivity index (χ3v) is 6.48. The first kappa shape index (κ1) is 22.7. The zero-order chi connectivity index (χ0) is 22.3. The van der Waals surface area contributed by atoms with Crippen LogP contribution < -0.4 is 5.43 Å². The number of carbonyl (C=O) groups excluding carboxylic acids is 1. The second-order valence-corrected chi connectivity index (χ2v) is 9.29. The van der Waals surface area contributed by atoms with E-state index in [1.807, 2.05) is 49.4 Å². The van der Waals surface area contributed by atoms with Crippen molar-refractivity contribution in [2.24, 2.45) is 5.10 Å². The molecule has 0 fully saturated rings. The molecule has 1 N–H and O–H groups in total. The van der Waals surface area contributed by atoms with Crippen molar-refractivity contribution in [3.8, 4) is 0 Å². The van der Waals surface area contributed by atoms with Crippen molar-refractivity contribution < 1.29 is 13.2 Å². The van der Waals surface area contributed by atoms with Crippen molar-refractivity contribution in [3.05, 3.63) is 101 Å². The van der Waals surface area contributed by atoms with Gasteiger partial charge in [0.2, 0.25) is 10.0 Å². The van der Waals surface area contributed by atoms with Crippen LogP contribution in [0.2, 0.25) is 5.02 Å². The minimum absolute atomic E-state index is 0.0425. The van der Waals surface area contributed by atoms with Gasteiger partial charge in [0, 0.05) is 11.6 Å². The lowest BCUT2D eigenvalue weighted by Crippen LogP contribution is -2.39. The molecule has 160 valence electrons. The van der Waals surface area contributed by atoms with Crippen LogP contribution in [0.1, 0.15) is 16.7 Å². The Kier molecular flexibility index (Phi) is 7.57. The van der Waals surface area contributed by atoms with E-state index in [4.69, 9.17) is 11.6 Å². The molecule has 0 radical (unpaired) electrons. The van der Waals surface area contributed by atoms with E-state index < -0.39 is 15.9 Å². The van der Waals surface area contributed by atoms with Gasteiger partial charge in [-0.1, -0.05) is 71.8 Å². The van der Waals surface area contributed by atoms with Gasteiger partial charge in [-0.05, 0) is 42.3 Å². The summed E-state index contributed by atoms with van der Waals surface area (Å²) in [5.74, 6) is -0.544. The highest BCUT2D eigenvalue weighted by molar-refractivity contribution is 7.89. The fraction of sp³-hybridized carbons (Fsp3) is 0.130. The Balaban J connectivity index is 1.77. The normalized spacial score (nSPS) is 11.7. The van der Waals surface area contributed by atoms with E-state index in [0.29, 0.717) is 5.02 Å². The van der Waals surface area contributed by atoms with Crippen LogP contribution in [0.25, 0.3) is 0 Å². The van der Waals surface area contributed by atoms with Gasteiger partial charge in [0.1, 0.15) is 0 Å². The zero-order valence-corrected chi connectivity index (χ0v) is 18.5. The maximum Gasteiger partial charge on any atom is 0.255 e. The molecule has 0 aliphatic rings. The number of carbonyl (C=O) groups is 1. The summed E-state index contributed by atoms with van der Waals surface area (Å²) in [6.07, 6.45) is 1.51. The molecule has 6 nitrogen and oxygen atoms in total. The van der Waals surface area contributed by atoms with Gasteiger partial charge in [-0.2, -0.15) is 9.41 Å². The fourth-order valence-electron chi connectivity index (χ4n) is 2.89. The molecule has 0 bridgehead atoms. The van der Waals surface area contributed by atoms with Crippen LogP contribution in [-0.4, -0.2) is 31.4 Å². The van der Waals surface area contributed by atoms with Crippen LogP contribution >= 0.6 is 11.6 Å². The highest BCUT2D eigenvalue weighted by atomic mass is 35.5. The Morgan fingerprint density at radius 3 is 2.42 bits per heavy atom. The minimum Gasteiger partial charge on any atom is -0.272 e. The molecule has 0 aromatic heterocycles. The maximum atomic E-state index is 13.2. The summed E-state index contributed by atoms with van der Waals surface area (Å²) in [6, 6.07) is 22.5. The minimum atomic E-state index is -3.93. The maximum absolute atomic E-state index is 13.2. The van der Waals surface area contributed by atoms with Gasteiger partial charge in [-0.15, -0.1) is 0 Å². The lowest BCUT2D eigenvalue weighted by molar-refractivity contribution is -0.121. The van der Waals surface area contributed by atoms with E-state index in [1.165, 1.54) is 30.5 Å². The molecule has 0 unspecified atom stereocenters.